The van der Waals surface area contributed by atoms with E-state index in [0.717, 1.165) is 21.5 Å². The lowest BCUT2D eigenvalue weighted by Gasteiger charge is -2.14. The van der Waals surface area contributed by atoms with E-state index in [-0.39, 0.29) is 18.1 Å². The van der Waals surface area contributed by atoms with Crippen LogP contribution in [0.15, 0.2) is 59.7 Å². The molecule has 1 saturated carbocycles. The number of halogens is 1. The number of rotatable bonds is 8. The molecule has 1 aliphatic carbocycles. The molecule has 7 nitrogen and oxygen atoms in total. The first-order valence-electron chi connectivity index (χ1n) is 10.00. The Morgan fingerprint density at radius 2 is 1.87 bits per heavy atom. The Hall–Kier alpha value is -3.13. The Balaban J connectivity index is 1.31. The van der Waals surface area contributed by atoms with Crippen LogP contribution < -0.4 is 10.6 Å². The van der Waals surface area contributed by atoms with Gasteiger partial charge in [-0.3, -0.25) is 14.6 Å². The second-order valence-electron chi connectivity index (χ2n) is 7.84. The van der Waals surface area contributed by atoms with Crippen molar-refractivity contribution >= 4 is 39.0 Å². The lowest BCUT2D eigenvalue weighted by atomic mass is 9.96. The smallest absolute Gasteiger partial charge is 0.226 e. The largest absolute Gasteiger partial charge is 0.353 e. The normalized spacial score (nSPS) is 14.0. The fourth-order valence-electron chi connectivity index (χ4n) is 3.33. The third kappa shape index (κ3) is 5.14. The number of anilines is 2. The molecule has 0 atom stereocenters. The molecule has 8 heteroatoms. The Morgan fingerprint density at radius 3 is 2.52 bits per heavy atom. The number of ketones is 1. The van der Waals surface area contributed by atoms with Crippen LogP contribution in [-0.4, -0.2) is 26.6 Å². The maximum atomic E-state index is 12.7. The number of Topliss-reactive ketones (excluding diaryl/α,β-unsaturated/α-hetero) is 1. The summed E-state index contributed by atoms with van der Waals surface area (Å²) in [7, 11) is 0. The number of carbonyl (C=O) groups excluding carboxylic acids is 2. The standard InChI is InChI=1S/C23H22BrN5O2/c1-15-2-5-20(19(24)8-15)29-18-4-3-17(27-13-18)12-28-22(31)23(6-7-23)9-21(30)16-10-25-14-26-11-16/h2-5,8,10-11,13-14,29H,6-7,9,12H2,1H3,(H,28,31). The van der Waals surface area contributed by atoms with Gasteiger partial charge in [0.25, 0.3) is 0 Å². The van der Waals surface area contributed by atoms with Gasteiger partial charge in [-0.1, -0.05) is 6.07 Å². The fourth-order valence-corrected chi connectivity index (χ4v) is 3.92. The van der Waals surface area contributed by atoms with E-state index in [4.69, 9.17) is 0 Å². The minimum atomic E-state index is -0.619. The topological polar surface area (TPSA) is 96.9 Å². The van der Waals surface area contributed by atoms with Crippen LogP contribution in [0, 0.1) is 12.3 Å². The van der Waals surface area contributed by atoms with Crippen molar-refractivity contribution in [3.8, 4) is 0 Å². The first-order valence-corrected chi connectivity index (χ1v) is 10.8. The lowest BCUT2D eigenvalue weighted by Crippen LogP contribution is -2.33. The van der Waals surface area contributed by atoms with Gasteiger partial charge in [0.15, 0.2) is 5.78 Å². The molecule has 31 heavy (non-hydrogen) atoms. The van der Waals surface area contributed by atoms with Crippen molar-refractivity contribution in [3.05, 3.63) is 76.5 Å². The van der Waals surface area contributed by atoms with E-state index in [1.54, 1.807) is 6.20 Å². The molecule has 1 fully saturated rings. The van der Waals surface area contributed by atoms with E-state index in [9.17, 15) is 9.59 Å². The van der Waals surface area contributed by atoms with Gasteiger partial charge >= 0.3 is 0 Å². The number of carbonyl (C=O) groups is 2. The van der Waals surface area contributed by atoms with E-state index >= 15 is 0 Å². The van der Waals surface area contributed by atoms with Gasteiger partial charge in [-0.05, 0) is 65.5 Å². The number of pyridine rings is 1. The van der Waals surface area contributed by atoms with Crippen LogP contribution in [-0.2, 0) is 11.3 Å². The molecule has 3 aromatic rings. The second kappa shape index (κ2) is 8.93. The summed E-state index contributed by atoms with van der Waals surface area (Å²) in [4.78, 5) is 37.3. The molecule has 2 N–H and O–H groups in total. The Morgan fingerprint density at radius 1 is 1.10 bits per heavy atom. The molecule has 2 aromatic heterocycles. The number of aryl methyl sites for hydroxylation is 1. The number of nitrogens with zero attached hydrogens (tertiary/aromatic N) is 3. The van der Waals surface area contributed by atoms with Crippen LogP contribution in [0.1, 0.15) is 40.9 Å². The maximum Gasteiger partial charge on any atom is 0.226 e. The number of hydrogen-bond donors (Lipinski definition) is 2. The summed E-state index contributed by atoms with van der Waals surface area (Å²) in [6.45, 7) is 2.36. The molecule has 1 amide bonds. The van der Waals surface area contributed by atoms with Gasteiger partial charge < -0.3 is 10.6 Å². The summed E-state index contributed by atoms with van der Waals surface area (Å²) in [5.41, 5.74) is 3.55. The summed E-state index contributed by atoms with van der Waals surface area (Å²) in [5, 5.41) is 6.25. The molecule has 0 radical (unpaired) electrons. The van der Waals surface area contributed by atoms with Crippen molar-refractivity contribution in [2.75, 3.05) is 5.32 Å². The van der Waals surface area contributed by atoms with Crippen molar-refractivity contribution in [1.82, 2.24) is 20.3 Å². The molecular weight excluding hydrogens is 458 g/mol. The van der Waals surface area contributed by atoms with Crippen molar-refractivity contribution in [2.45, 2.75) is 32.7 Å². The lowest BCUT2D eigenvalue weighted by molar-refractivity contribution is -0.126. The molecule has 158 valence electrons. The van der Waals surface area contributed by atoms with Crippen molar-refractivity contribution < 1.29 is 9.59 Å². The van der Waals surface area contributed by atoms with Gasteiger partial charge in [0.2, 0.25) is 5.91 Å². The van der Waals surface area contributed by atoms with E-state index in [2.05, 4.69) is 41.5 Å². The average Bonchev–Trinajstić information content (AvgIpc) is 3.56. The average molecular weight is 480 g/mol. The maximum absolute atomic E-state index is 12.7. The van der Waals surface area contributed by atoms with Gasteiger partial charge in [0.1, 0.15) is 6.33 Å². The van der Waals surface area contributed by atoms with Crippen molar-refractivity contribution in [1.29, 1.82) is 0 Å². The fraction of sp³-hybridized carbons (Fsp3) is 0.261. The molecule has 4 rings (SSSR count). The molecule has 0 saturated heterocycles. The van der Waals surface area contributed by atoms with Gasteiger partial charge in [0, 0.05) is 23.3 Å². The van der Waals surface area contributed by atoms with Gasteiger partial charge in [0.05, 0.1) is 40.8 Å². The molecular formula is C23H22BrN5O2. The highest BCUT2D eigenvalue weighted by atomic mass is 79.9. The summed E-state index contributed by atoms with van der Waals surface area (Å²) >= 11 is 3.55. The summed E-state index contributed by atoms with van der Waals surface area (Å²) in [5.74, 6) is -0.214. The Bertz CT molecular complexity index is 1100. The van der Waals surface area contributed by atoms with Crippen molar-refractivity contribution in [2.24, 2.45) is 5.41 Å². The van der Waals surface area contributed by atoms with E-state index in [1.165, 1.54) is 24.3 Å². The first kappa shape index (κ1) is 21.1. The molecule has 2 heterocycles. The third-order valence-electron chi connectivity index (χ3n) is 5.38. The molecule has 0 bridgehead atoms. The van der Waals surface area contributed by atoms with Gasteiger partial charge in [-0.15, -0.1) is 0 Å². The van der Waals surface area contributed by atoms with Gasteiger partial charge in [-0.25, -0.2) is 9.97 Å². The molecule has 0 aliphatic heterocycles. The zero-order chi connectivity index (χ0) is 21.8. The Labute approximate surface area is 188 Å². The Kier molecular flexibility index (Phi) is 6.08. The zero-order valence-corrected chi connectivity index (χ0v) is 18.6. The highest BCUT2D eigenvalue weighted by Crippen LogP contribution is 2.49. The quantitative estimate of drug-likeness (QED) is 0.466. The highest BCUT2D eigenvalue weighted by Gasteiger charge is 2.51. The van der Waals surface area contributed by atoms with Crippen LogP contribution in [0.25, 0.3) is 0 Å². The van der Waals surface area contributed by atoms with E-state index in [0.29, 0.717) is 24.9 Å². The number of aromatic nitrogens is 3. The zero-order valence-electron chi connectivity index (χ0n) is 17.1. The number of hydrogen-bond acceptors (Lipinski definition) is 6. The SMILES string of the molecule is Cc1ccc(Nc2ccc(CNC(=O)C3(CC(=O)c4cncnc4)CC3)nc2)c(Br)c1. The number of benzene rings is 1. The van der Waals surface area contributed by atoms with Crippen LogP contribution in [0.3, 0.4) is 0 Å². The van der Waals surface area contributed by atoms with Crippen LogP contribution in [0.2, 0.25) is 0 Å². The minimum absolute atomic E-state index is 0.106. The molecule has 1 aromatic carbocycles. The van der Waals surface area contributed by atoms with E-state index in [1.807, 2.05) is 37.3 Å². The highest BCUT2D eigenvalue weighted by molar-refractivity contribution is 9.10. The van der Waals surface area contributed by atoms with Crippen LogP contribution >= 0.6 is 15.9 Å². The second-order valence-corrected chi connectivity index (χ2v) is 8.69. The predicted octanol–water partition coefficient (Wildman–Crippen LogP) is 4.36. The van der Waals surface area contributed by atoms with Crippen LogP contribution in [0.5, 0.6) is 0 Å². The predicted molar refractivity (Wildman–Crippen MR) is 121 cm³/mol. The van der Waals surface area contributed by atoms with Crippen LogP contribution in [0.4, 0.5) is 11.4 Å². The molecule has 0 unspecified atom stereocenters. The minimum Gasteiger partial charge on any atom is -0.353 e. The van der Waals surface area contributed by atoms with E-state index < -0.39 is 5.41 Å². The molecule has 1 aliphatic rings. The first-order chi connectivity index (χ1) is 14.9. The third-order valence-corrected chi connectivity index (χ3v) is 6.03. The monoisotopic (exact) mass is 479 g/mol. The summed E-state index contributed by atoms with van der Waals surface area (Å²) in [6, 6.07) is 9.88. The van der Waals surface area contributed by atoms with Crippen molar-refractivity contribution in [3.63, 3.8) is 0 Å². The van der Waals surface area contributed by atoms with Gasteiger partial charge in [-0.2, -0.15) is 0 Å². The molecule has 0 spiro atoms. The number of nitrogens with one attached hydrogen (secondary N) is 2. The summed E-state index contributed by atoms with van der Waals surface area (Å²) < 4.78 is 0.982. The summed E-state index contributed by atoms with van der Waals surface area (Å²) in [6.07, 6.45) is 7.67. The number of amides is 1.